The normalized spacial score (nSPS) is 23.6. The van der Waals surface area contributed by atoms with E-state index in [1.165, 1.54) is 18.5 Å². The molecule has 2 unspecified atom stereocenters. The number of nitrogen functional groups attached to an aromatic ring is 1. The highest BCUT2D eigenvalue weighted by atomic mass is 35.5. The lowest BCUT2D eigenvalue weighted by Crippen LogP contribution is -2.36. The van der Waals surface area contributed by atoms with E-state index in [0.29, 0.717) is 16.6 Å². The number of aromatic nitrogens is 3. The maximum Gasteiger partial charge on any atom is 0.477 e. The monoisotopic (exact) mass is 516 g/mol. The number of halogens is 2. The smallest absolute Gasteiger partial charge is 0.393 e. The SMILES string of the molecule is C[C@@H](OC(OP1(=O)OCC[C@H](c2ccc(F)cc2Cl)O1)[C@@H](O)CO)n1ccc2c(N)ncnc21. The molecule has 0 radical (unpaired) electrons. The van der Waals surface area contributed by atoms with Crippen LogP contribution in [-0.4, -0.2) is 50.4 Å². The number of hydrogen-bond donors (Lipinski definition) is 3. The number of hydrogen-bond acceptors (Lipinski definition) is 10. The van der Waals surface area contributed by atoms with Crippen molar-refractivity contribution in [2.45, 2.75) is 38.1 Å². The van der Waals surface area contributed by atoms with Crippen LogP contribution in [0.4, 0.5) is 10.2 Å². The van der Waals surface area contributed by atoms with E-state index in [1.807, 2.05) is 0 Å². The molecule has 1 saturated heterocycles. The first-order valence-electron chi connectivity index (χ1n) is 10.3. The van der Waals surface area contributed by atoms with Crippen LogP contribution >= 0.6 is 19.4 Å². The predicted octanol–water partition coefficient (Wildman–Crippen LogP) is 3.32. The first kappa shape index (κ1) is 25.0. The minimum Gasteiger partial charge on any atom is -0.393 e. The summed E-state index contributed by atoms with van der Waals surface area (Å²) in [5, 5.41) is 20.4. The van der Waals surface area contributed by atoms with Crippen molar-refractivity contribution in [1.29, 1.82) is 0 Å². The van der Waals surface area contributed by atoms with E-state index in [-0.39, 0.29) is 23.9 Å². The van der Waals surface area contributed by atoms with Gasteiger partial charge in [0.25, 0.3) is 0 Å². The maximum absolute atomic E-state index is 13.4. The number of nitrogens with zero attached hydrogens (tertiary/aromatic N) is 3. The molecule has 0 spiro atoms. The molecule has 1 aromatic carbocycles. The molecule has 1 fully saturated rings. The molecule has 3 aromatic rings. The van der Waals surface area contributed by atoms with Crippen molar-refractivity contribution in [3.63, 3.8) is 0 Å². The van der Waals surface area contributed by atoms with Crippen molar-refractivity contribution >= 4 is 36.3 Å². The van der Waals surface area contributed by atoms with E-state index in [4.69, 9.17) is 35.6 Å². The number of nitrogens with two attached hydrogens (primary N) is 1. The van der Waals surface area contributed by atoms with Crippen LogP contribution in [0.25, 0.3) is 11.0 Å². The molecule has 2 aromatic heterocycles. The molecule has 4 rings (SSSR count). The number of rotatable bonds is 8. The summed E-state index contributed by atoms with van der Waals surface area (Å²) < 4.78 is 50.3. The van der Waals surface area contributed by atoms with Crippen LogP contribution in [0.3, 0.4) is 0 Å². The highest BCUT2D eigenvalue weighted by Gasteiger charge is 2.41. The fourth-order valence-electron chi connectivity index (χ4n) is 3.48. The number of aliphatic hydroxyl groups excluding tert-OH is 2. The summed E-state index contributed by atoms with van der Waals surface area (Å²) in [4.78, 5) is 8.10. The third-order valence-electron chi connectivity index (χ3n) is 5.19. The van der Waals surface area contributed by atoms with Crippen LogP contribution < -0.4 is 5.73 Å². The summed E-state index contributed by atoms with van der Waals surface area (Å²) in [6.07, 6.45) is -1.60. The molecule has 0 saturated carbocycles. The molecule has 11 nitrogen and oxygen atoms in total. The van der Waals surface area contributed by atoms with Crippen LogP contribution in [-0.2, 0) is 22.9 Å². The number of ether oxygens (including phenoxy) is 1. The van der Waals surface area contributed by atoms with E-state index in [9.17, 15) is 19.2 Å². The number of phosphoric ester groups is 1. The van der Waals surface area contributed by atoms with Gasteiger partial charge in [-0.2, -0.15) is 0 Å². The second-order valence-corrected chi connectivity index (χ2v) is 9.49. The second kappa shape index (κ2) is 10.2. The molecule has 0 amide bonds. The van der Waals surface area contributed by atoms with Crippen LogP contribution in [0.5, 0.6) is 0 Å². The van der Waals surface area contributed by atoms with E-state index in [2.05, 4.69) is 9.97 Å². The van der Waals surface area contributed by atoms with Crippen LogP contribution in [0.1, 0.15) is 31.2 Å². The van der Waals surface area contributed by atoms with Crippen LogP contribution in [0.15, 0.2) is 36.8 Å². The zero-order valence-corrected chi connectivity index (χ0v) is 19.6. The number of phosphoric acid groups is 1. The van der Waals surface area contributed by atoms with Crippen LogP contribution in [0, 0.1) is 5.82 Å². The van der Waals surface area contributed by atoms with Gasteiger partial charge >= 0.3 is 7.82 Å². The minimum absolute atomic E-state index is 0.0222. The average molecular weight is 517 g/mol. The molecular formula is C20H23ClFN4O7P. The molecule has 1 aliphatic rings. The molecule has 14 heteroatoms. The Kier molecular flexibility index (Phi) is 7.51. The van der Waals surface area contributed by atoms with Gasteiger partial charge in [-0.15, -0.1) is 0 Å². The Morgan fingerprint density at radius 2 is 2.21 bits per heavy atom. The molecule has 0 aliphatic carbocycles. The van der Waals surface area contributed by atoms with Gasteiger partial charge in [-0.25, -0.2) is 18.9 Å². The molecular weight excluding hydrogens is 494 g/mol. The maximum atomic E-state index is 13.4. The fourth-order valence-corrected chi connectivity index (χ4v) is 5.25. The Balaban J connectivity index is 1.53. The summed E-state index contributed by atoms with van der Waals surface area (Å²) in [6.45, 7) is 0.843. The lowest BCUT2D eigenvalue weighted by Gasteiger charge is -2.33. The topological polar surface area (TPSA) is 151 Å². The number of benzene rings is 1. The summed E-state index contributed by atoms with van der Waals surface area (Å²) in [7, 11) is -4.28. The Hall–Kier alpha value is -2.15. The lowest BCUT2D eigenvalue weighted by atomic mass is 10.1. The van der Waals surface area contributed by atoms with Gasteiger partial charge in [-0.1, -0.05) is 17.7 Å². The average Bonchev–Trinajstić information content (AvgIpc) is 3.23. The highest BCUT2D eigenvalue weighted by Crippen LogP contribution is 2.58. The highest BCUT2D eigenvalue weighted by molar-refractivity contribution is 7.48. The molecule has 1 aliphatic heterocycles. The van der Waals surface area contributed by atoms with Gasteiger partial charge in [-0.05, 0) is 25.1 Å². The van der Waals surface area contributed by atoms with Crippen molar-refractivity contribution < 1.29 is 37.5 Å². The fraction of sp³-hybridized carbons (Fsp3) is 0.400. The molecule has 0 bridgehead atoms. The van der Waals surface area contributed by atoms with Crippen molar-refractivity contribution in [2.24, 2.45) is 0 Å². The van der Waals surface area contributed by atoms with E-state index in [1.54, 1.807) is 23.8 Å². The zero-order chi connectivity index (χ0) is 24.5. The lowest BCUT2D eigenvalue weighted by molar-refractivity contribution is -0.205. The zero-order valence-electron chi connectivity index (χ0n) is 18.0. The van der Waals surface area contributed by atoms with Crippen molar-refractivity contribution in [3.8, 4) is 0 Å². The summed E-state index contributed by atoms with van der Waals surface area (Å²) >= 11 is 6.11. The largest absolute Gasteiger partial charge is 0.477 e. The van der Waals surface area contributed by atoms with Crippen molar-refractivity contribution in [3.05, 3.63) is 53.2 Å². The summed E-state index contributed by atoms with van der Waals surface area (Å²) in [6, 6.07) is 5.42. The molecule has 184 valence electrons. The third-order valence-corrected chi connectivity index (χ3v) is 7.00. The van der Waals surface area contributed by atoms with Gasteiger partial charge in [0.15, 0.2) is 6.29 Å². The minimum atomic E-state index is -4.28. The quantitative estimate of drug-likeness (QED) is 0.300. The Morgan fingerprint density at radius 1 is 1.41 bits per heavy atom. The van der Waals surface area contributed by atoms with Gasteiger partial charge in [0.05, 0.1) is 24.7 Å². The van der Waals surface area contributed by atoms with E-state index < -0.39 is 45.0 Å². The molecule has 3 heterocycles. The summed E-state index contributed by atoms with van der Waals surface area (Å²) in [5.41, 5.74) is 6.72. The number of anilines is 1. The molecule has 4 N–H and O–H groups in total. The Labute approximate surface area is 198 Å². The first-order chi connectivity index (χ1) is 16.2. The Bertz CT molecular complexity index is 1210. The predicted molar refractivity (Wildman–Crippen MR) is 119 cm³/mol. The third kappa shape index (κ3) is 5.24. The summed E-state index contributed by atoms with van der Waals surface area (Å²) in [5.74, 6) is -0.253. The van der Waals surface area contributed by atoms with E-state index >= 15 is 0 Å². The van der Waals surface area contributed by atoms with Crippen LogP contribution in [0.2, 0.25) is 5.02 Å². The van der Waals surface area contributed by atoms with Gasteiger partial charge in [0.1, 0.15) is 35.9 Å². The molecule has 34 heavy (non-hydrogen) atoms. The van der Waals surface area contributed by atoms with Gasteiger partial charge in [0.2, 0.25) is 0 Å². The first-order valence-corrected chi connectivity index (χ1v) is 12.1. The molecule has 5 atom stereocenters. The van der Waals surface area contributed by atoms with Crippen molar-refractivity contribution in [2.75, 3.05) is 18.9 Å². The standard InChI is InChI=1S/C20H23ClFN4O7P/c1-11(26-6-4-14-18(23)24-10-25-19(14)26)31-20(16(28)9-27)33-34(29)30-7-5-17(32-34)13-3-2-12(22)8-15(13)21/h2-4,6,8,10-11,16-17,20,27-28H,5,7,9H2,1H3,(H2,23,24,25)/t11-,16+,17-,20?,34?/m1/s1. The second-order valence-electron chi connectivity index (χ2n) is 7.51. The number of fused-ring (bicyclic) bond motifs is 1. The Morgan fingerprint density at radius 3 is 2.94 bits per heavy atom. The number of aliphatic hydroxyl groups is 2. The van der Waals surface area contributed by atoms with Gasteiger partial charge < -0.3 is 25.3 Å². The van der Waals surface area contributed by atoms with Gasteiger partial charge in [0, 0.05) is 23.2 Å². The van der Waals surface area contributed by atoms with Crippen molar-refractivity contribution in [1.82, 2.24) is 14.5 Å². The van der Waals surface area contributed by atoms with E-state index in [0.717, 1.165) is 6.07 Å². The van der Waals surface area contributed by atoms with Gasteiger partial charge in [-0.3, -0.25) is 13.6 Å².